The van der Waals surface area contributed by atoms with Gasteiger partial charge in [0.05, 0.1) is 10.6 Å². The third kappa shape index (κ3) is 4.63. The summed E-state index contributed by atoms with van der Waals surface area (Å²) >= 11 is 4.53. The van der Waals surface area contributed by atoms with Gasteiger partial charge in [0.15, 0.2) is 5.13 Å². The molecule has 0 unspecified atom stereocenters. The topological polar surface area (TPSA) is 42.0 Å². The van der Waals surface area contributed by atoms with Crippen LogP contribution in [-0.2, 0) is 11.5 Å². The minimum Gasteiger partial charge on any atom is -0.297 e. The van der Waals surface area contributed by atoms with Crippen LogP contribution in [0.25, 0.3) is 0 Å². The fourth-order valence-corrected chi connectivity index (χ4v) is 4.17. The third-order valence-corrected chi connectivity index (χ3v) is 5.66. The Bertz CT molecular complexity index is 769. The Balaban J connectivity index is 1.49. The lowest BCUT2D eigenvalue weighted by Crippen LogP contribution is -2.09. The monoisotopic (exact) mass is 364 g/mol. The Morgan fingerprint density at radius 2 is 2.00 bits per heavy atom. The molecule has 7 heteroatoms. The van der Waals surface area contributed by atoms with Crippen molar-refractivity contribution in [1.29, 1.82) is 0 Å². The van der Waals surface area contributed by atoms with E-state index in [-0.39, 0.29) is 11.7 Å². The molecule has 1 aromatic carbocycles. The van der Waals surface area contributed by atoms with Crippen LogP contribution in [0.1, 0.15) is 20.9 Å². The van der Waals surface area contributed by atoms with Crippen molar-refractivity contribution < 1.29 is 9.18 Å². The van der Waals surface area contributed by atoms with Gasteiger partial charge in [-0.3, -0.25) is 10.1 Å². The van der Waals surface area contributed by atoms with Crippen molar-refractivity contribution in [2.45, 2.75) is 11.5 Å². The van der Waals surface area contributed by atoms with Gasteiger partial charge in [-0.25, -0.2) is 9.37 Å². The number of amides is 1. The highest BCUT2D eigenvalue weighted by Gasteiger charge is 2.09. The fraction of sp³-hybridized carbons (Fsp3) is 0.125. The van der Waals surface area contributed by atoms with E-state index in [2.05, 4.69) is 10.3 Å². The van der Waals surface area contributed by atoms with Gasteiger partial charge in [0.2, 0.25) is 0 Å². The quantitative estimate of drug-likeness (QED) is 0.667. The molecule has 0 aliphatic carbocycles. The maximum Gasteiger partial charge on any atom is 0.267 e. The number of thiophene rings is 1. The molecule has 3 aromatic rings. The number of aromatic nitrogens is 1. The number of nitrogens with one attached hydrogen (secondary N) is 1. The summed E-state index contributed by atoms with van der Waals surface area (Å²) in [5.41, 5.74) is 2.02. The SMILES string of the molecule is O=C(Nc1nc(CSCc2ccc(F)cc2)cs1)c1cccs1. The summed E-state index contributed by atoms with van der Waals surface area (Å²) in [7, 11) is 0. The van der Waals surface area contributed by atoms with Crippen LogP contribution in [0.5, 0.6) is 0 Å². The van der Waals surface area contributed by atoms with E-state index in [1.807, 2.05) is 16.8 Å². The number of nitrogens with zero attached hydrogens (tertiary/aromatic N) is 1. The van der Waals surface area contributed by atoms with Crippen LogP contribution in [-0.4, -0.2) is 10.9 Å². The highest BCUT2D eigenvalue weighted by molar-refractivity contribution is 7.97. The number of carbonyl (C=O) groups is 1. The first kappa shape index (κ1) is 16.2. The molecule has 2 aromatic heterocycles. The number of hydrogen-bond acceptors (Lipinski definition) is 5. The number of hydrogen-bond donors (Lipinski definition) is 1. The molecule has 0 saturated heterocycles. The highest BCUT2D eigenvalue weighted by Crippen LogP contribution is 2.23. The summed E-state index contributed by atoms with van der Waals surface area (Å²) in [4.78, 5) is 17.0. The Morgan fingerprint density at radius 1 is 1.17 bits per heavy atom. The molecule has 0 radical (unpaired) electrons. The predicted molar refractivity (Wildman–Crippen MR) is 95.8 cm³/mol. The molecule has 0 aliphatic heterocycles. The van der Waals surface area contributed by atoms with Crippen molar-refractivity contribution in [3.8, 4) is 0 Å². The molecule has 0 bridgehead atoms. The zero-order chi connectivity index (χ0) is 16.1. The van der Waals surface area contributed by atoms with Crippen LogP contribution >= 0.6 is 34.4 Å². The third-order valence-electron chi connectivity index (χ3n) is 2.95. The molecular formula is C16H13FN2OS3. The van der Waals surface area contributed by atoms with Gasteiger partial charge >= 0.3 is 0 Å². The Labute approximate surface area is 145 Å². The molecule has 3 nitrogen and oxygen atoms in total. The minimum absolute atomic E-state index is 0.125. The first-order chi connectivity index (χ1) is 11.2. The van der Waals surface area contributed by atoms with Gasteiger partial charge in [0.25, 0.3) is 5.91 Å². The molecule has 0 atom stereocenters. The van der Waals surface area contributed by atoms with Crippen molar-refractivity contribution in [3.63, 3.8) is 0 Å². The van der Waals surface area contributed by atoms with Gasteiger partial charge in [-0.15, -0.1) is 22.7 Å². The number of rotatable bonds is 6. The first-order valence-corrected chi connectivity index (χ1v) is 9.73. The van der Waals surface area contributed by atoms with E-state index in [9.17, 15) is 9.18 Å². The average molecular weight is 364 g/mol. The Morgan fingerprint density at radius 3 is 2.74 bits per heavy atom. The molecule has 0 aliphatic rings. The lowest BCUT2D eigenvalue weighted by atomic mass is 10.2. The van der Waals surface area contributed by atoms with Crippen molar-refractivity contribution in [3.05, 3.63) is 69.1 Å². The van der Waals surface area contributed by atoms with E-state index in [0.717, 1.165) is 22.8 Å². The minimum atomic E-state index is -0.218. The number of thioether (sulfide) groups is 1. The molecular weight excluding hydrogens is 351 g/mol. The standard InChI is InChI=1S/C16H13FN2OS3/c17-12-5-3-11(4-6-12)8-21-9-13-10-23-16(18-13)19-15(20)14-2-1-7-22-14/h1-7,10H,8-9H2,(H,18,19,20). The lowest BCUT2D eigenvalue weighted by molar-refractivity contribution is 0.103. The summed E-state index contributed by atoms with van der Waals surface area (Å²) in [6.07, 6.45) is 0. The zero-order valence-corrected chi connectivity index (χ0v) is 14.4. The number of anilines is 1. The number of halogens is 1. The second-order valence-electron chi connectivity index (χ2n) is 4.69. The maximum absolute atomic E-state index is 12.8. The molecule has 2 heterocycles. The smallest absolute Gasteiger partial charge is 0.267 e. The van der Waals surface area contributed by atoms with E-state index in [0.29, 0.717) is 10.0 Å². The largest absolute Gasteiger partial charge is 0.297 e. The molecule has 0 spiro atoms. The molecule has 0 saturated carbocycles. The fourth-order valence-electron chi connectivity index (χ4n) is 1.85. The summed E-state index contributed by atoms with van der Waals surface area (Å²) in [5.74, 6) is 1.21. The average Bonchev–Trinajstić information content (AvgIpc) is 3.21. The van der Waals surface area contributed by atoms with Gasteiger partial charge in [-0.1, -0.05) is 18.2 Å². The Kier molecular flexibility index (Phi) is 5.43. The van der Waals surface area contributed by atoms with Gasteiger partial charge < -0.3 is 0 Å². The predicted octanol–water partition coefficient (Wildman–Crippen LogP) is 5.03. The van der Waals surface area contributed by atoms with E-state index in [4.69, 9.17) is 0 Å². The van der Waals surface area contributed by atoms with Crippen LogP contribution in [0, 0.1) is 5.82 Å². The molecule has 118 valence electrons. The van der Waals surface area contributed by atoms with Crippen LogP contribution < -0.4 is 5.32 Å². The van der Waals surface area contributed by atoms with Gasteiger partial charge in [-0.2, -0.15) is 11.8 Å². The van der Waals surface area contributed by atoms with E-state index >= 15 is 0 Å². The first-order valence-electron chi connectivity index (χ1n) is 6.82. The summed E-state index contributed by atoms with van der Waals surface area (Å²) < 4.78 is 12.8. The van der Waals surface area contributed by atoms with E-state index < -0.39 is 0 Å². The van der Waals surface area contributed by atoms with Crippen LogP contribution in [0.4, 0.5) is 9.52 Å². The van der Waals surface area contributed by atoms with E-state index in [1.165, 1.54) is 34.8 Å². The number of benzene rings is 1. The lowest BCUT2D eigenvalue weighted by Gasteiger charge is -2.00. The summed E-state index contributed by atoms with van der Waals surface area (Å²) in [5, 5.41) is 7.23. The van der Waals surface area contributed by atoms with Crippen molar-refractivity contribution in [2.24, 2.45) is 0 Å². The molecule has 0 fully saturated rings. The normalized spacial score (nSPS) is 10.7. The van der Waals surface area contributed by atoms with Crippen LogP contribution in [0.2, 0.25) is 0 Å². The van der Waals surface area contributed by atoms with Crippen molar-refractivity contribution in [2.75, 3.05) is 5.32 Å². The van der Waals surface area contributed by atoms with Gasteiger partial charge in [0.1, 0.15) is 5.82 Å². The second kappa shape index (κ2) is 7.72. The summed E-state index contributed by atoms with van der Waals surface area (Å²) in [6, 6.07) is 10.1. The van der Waals surface area contributed by atoms with Gasteiger partial charge in [-0.05, 0) is 29.1 Å². The van der Waals surface area contributed by atoms with E-state index in [1.54, 1.807) is 30.0 Å². The molecule has 1 amide bonds. The second-order valence-corrected chi connectivity index (χ2v) is 7.49. The Hall–Kier alpha value is -1.70. The highest BCUT2D eigenvalue weighted by atomic mass is 32.2. The van der Waals surface area contributed by atoms with Crippen LogP contribution in [0.15, 0.2) is 47.2 Å². The number of thiazole rings is 1. The summed E-state index contributed by atoms with van der Waals surface area (Å²) in [6.45, 7) is 0. The number of carbonyl (C=O) groups excluding carboxylic acids is 1. The molecule has 1 N–H and O–H groups in total. The zero-order valence-electron chi connectivity index (χ0n) is 12.0. The molecule has 23 heavy (non-hydrogen) atoms. The van der Waals surface area contributed by atoms with Crippen molar-refractivity contribution >= 4 is 45.5 Å². The van der Waals surface area contributed by atoms with Crippen LogP contribution in [0.3, 0.4) is 0 Å². The van der Waals surface area contributed by atoms with Crippen molar-refractivity contribution in [1.82, 2.24) is 4.98 Å². The van der Waals surface area contributed by atoms with Gasteiger partial charge in [0, 0.05) is 16.9 Å². The molecule has 3 rings (SSSR count). The maximum atomic E-state index is 12.8.